The third kappa shape index (κ3) is 4.39. The van der Waals surface area contributed by atoms with Gasteiger partial charge < -0.3 is 19.9 Å². The molecule has 2 rings (SSSR count). The molecule has 2 fully saturated rings. The Morgan fingerprint density at radius 3 is 2.46 bits per heavy atom. The van der Waals surface area contributed by atoms with Gasteiger partial charge in [-0.05, 0) is 47.0 Å². The van der Waals surface area contributed by atoms with Gasteiger partial charge in [0.15, 0.2) is 0 Å². The number of ether oxygens (including phenoxy) is 1. The molecule has 0 spiro atoms. The smallest absolute Gasteiger partial charge is 0.408 e. The van der Waals surface area contributed by atoms with Crippen molar-refractivity contribution in [1.29, 1.82) is 0 Å². The Morgan fingerprint density at radius 1 is 1.21 bits per heavy atom. The number of carbonyl (C=O) groups excluding carboxylic acids is 3. The van der Waals surface area contributed by atoms with E-state index in [1.807, 2.05) is 11.8 Å². The predicted molar refractivity (Wildman–Crippen MR) is 89.4 cm³/mol. The SMILES string of the molecule is CC(=O)N1CC[C@H](NC(=O)OC(C)(C)C)C(=O)N2[C@H](CC[C@H]2C)C1. The van der Waals surface area contributed by atoms with Gasteiger partial charge in [-0.25, -0.2) is 4.79 Å². The minimum Gasteiger partial charge on any atom is -0.444 e. The molecule has 2 aliphatic rings. The molecule has 0 saturated carbocycles. The Bertz CT molecular complexity index is 514. The monoisotopic (exact) mass is 339 g/mol. The summed E-state index contributed by atoms with van der Waals surface area (Å²) in [7, 11) is 0. The summed E-state index contributed by atoms with van der Waals surface area (Å²) in [6.07, 6.45) is 1.60. The van der Waals surface area contributed by atoms with E-state index in [-0.39, 0.29) is 23.9 Å². The summed E-state index contributed by atoms with van der Waals surface area (Å²) >= 11 is 0. The number of fused-ring (bicyclic) bond motifs is 1. The maximum atomic E-state index is 12.9. The van der Waals surface area contributed by atoms with Gasteiger partial charge in [0, 0.05) is 32.1 Å². The lowest BCUT2D eigenvalue weighted by atomic mass is 10.1. The lowest BCUT2D eigenvalue weighted by Crippen LogP contribution is -2.58. The second kappa shape index (κ2) is 6.99. The highest BCUT2D eigenvalue weighted by Crippen LogP contribution is 2.27. The van der Waals surface area contributed by atoms with Crippen LogP contribution in [0.25, 0.3) is 0 Å². The molecule has 136 valence electrons. The molecule has 3 amide bonds. The van der Waals surface area contributed by atoms with Crippen LogP contribution >= 0.6 is 0 Å². The number of amides is 3. The fourth-order valence-electron chi connectivity index (χ4n) is 3.45. The van der Waals surface area contributed by atoms with Crippen molar-refractivity contribution in [1.82, 2.24) is 15.1 Å². The van der Waals surface area contributed by atoms with Crippen LogP contribution < -0.4 is 5.32 Å². The lowest BCUT2D eigenvalue weighted by molar-refractivity contribution is -0.141. The van der Waals surface area contributed by atoms with E-state index in [2.05, 4.69) is 5.32 Å². The Balaban J connectivity index is 2.15. The molecule has 0 bridgehead atoms. The van der Waals surface area contributed by atoms with E-state index in [9.17, 15) is 14.4 Å². The topological polar surface area (TPSA) is 79.0 Å². The average Bonchev–Trinajstić information content (AvgIpc) is 2.77. The van der Waals surface area contributed by atoms with Gasteiger partial charge in [-0.2, -0.15) is 0 Å². The molecular formula is C17H29N3O4. The first-order chi connectivity index (χ1) is 11.1. The average molecular weight is 339 g/mol. The fourth-order valence-corrected chi connectivity index (χ4v) is 3.45. The molecule has 2 heterocycles. The largest absolute Gasteiger partial charge is 0.444 e. The van der Waals surface area contributed by atoms with Crippen LogP contribution in [0.1, 0.15) is 53.9 Å². The van der Waals surface area contributed by atoms with E-state index < -0.39 is 17.7 Å². The van der Waals surface area contributed by atoms with Crippen LogP contribution in [0.15, 0.2) is 0 Å². The van der Waals surface area contributed by atoms with E-state index in [1.54, 1.807) is 32.6 Å². The second-order valence-electron chi connectivity index (χ2n) is 7.78. The molecule has 3 atom stereocenters. The minimum atomic E-state index is -0.662. The molecule has 0 aromatic heterocycles. The summed E-state index contributed by atoms with van der Waals surface area (Å²) < 4.78 is 5.27. The van der Waals surface area contributed by atoms with Crippen molar-refractivity contribution in [3.8, 4) is 0 Å². The molecule has 0 aliphatic carbocycles. The van der Waals surface area contributed by atoms with Gasteiger partial charge in [-0.3, -0.25) is 9.59 Å². The Kier molecular flexibility index (Phi) is 5.40. The zero-order valence-corrected chi connectivity index (χ0v) is 15.3. The van der Waals surface area contributed by atoms with Crippen molar-refractivity contribution in [2.24, 2.45) is 0 Å². The van der Waals surface area contributed by atoms with Crippen molar-refractivity contribution < 1.29 is 19.1 Å². The highest BCUT2D eigenvalue weighted by atomic mass is 16.6. The van der Waals surface area contributed by atoms with Crippen LogP contribution in [-0.4, -0.2) is 64.5 Å². The number of rotatable bonds is 1. The van der Waals surface area contributed by atoms with Crippen LogP contribution in [-0.2, 0) is 14.3 Å². The standard InChI is InChI=1S/C17H29N3O4/c1-11-6-7-13-10-19(12(2)21)9-8-14(15(22)20(11)13)18-16(23)24-17(3,4)5/h11,13-14H,6-10H2,1-5H3,(H,18,23)/t11-,13-,14+/m1/s1. The molecular weight excluding hydrogens is 310 g/mol. The zero-order chi connectivity index (χ0) is 18.1. The molecule has 0 aromatic rings. The highest BCUT2D eigenvalue weighted by molar-refractivity contribution is 5.87. The van der Waals surface area contributed by atoms with Gasteiger partial charge in [0.05, 0.1) is 0 Å². The number of alkyl carbamates (subject to hydrolysis) is 1. The van der Waals surface area contributed by atoms with Gasteiger partial charge in [0.25, 0.3) is 0 Å². The maximum Gasteiger partial charge on any atom is 0.408 e. The molecule has 7 nitrogen and oxygen atoms in total. The first kappa shape index (κ1) is 18.5. The molecule has 2 aliphatic heterocycles. The summed E-state index contributed by atoms with van der Waals surface area (Å²) in [6, 6.07) is -0.512. The Hall–Kier alpha value is -1.79. The van der Waals surface area contributed by atoms with Crippen LogP contribution in [0, 0.1) is 0 Å². The number of hydrogen-bond acceptors (Lipinski definition) is 4. The van der Waals surface area contributed by atoms with Crippen LogP contribution in [0.5, 0.6) is 0 Å². The maximum absolute atomic E-state index is 12.9. The van der Waals surface area contributed by atoms with Crippen LogP contribution in [0.2, 0.25) is 0 Å². The van der Waals surface area contributed by atoms with Gasteiger partial charge in [-0.15, -0.1) is 0 Å². The Labute approximate surface area is 143 Å². The number of nitrogens with zero attached hydrogens (tertiary/aromatic N) is 2. The van der Waals surface area contributed by atoms with Crippen molar-refractivity contribution in [2.75, 3.05) is 13.1 Å². The van der Waals surface area contributed by atoms with E-state index >= 15 is 0 Å². The van der Waals surface area contributed by atoms with E-state index in [1.165, 1.54) is 0 Å². The molecule has 0 radical (unpaired) electrons. The van der Waals surface area contributed by atoms with Gasteiger partial charge in [0.1, 0.15) is 11.6 Å². The highest BCUT2D eigenvalue weighted by Gasteiger charge is 2.41. The first-order valence-corrected chi connectivity index (χ1v) is 8.65. The van der Waals surface area contributed by atoms with Crippen molar-refractivity contribution >= 4 is 17.9 Å². The van der Waals surface area contributed by atoms with E-state index in [0.717, 1.165) is 12.8 Å². The van der Waals surface area contributed by atoms with Crippen LogP contribution in [0.4, 0.5) is 4.79 Å². The third-order valence-electron chi connectivity index (χ3n) is 4.59. The number of carbonyl (C=O) groups is 3. The van der Waals surface area contributed by atoms with Crippen molar-refractivity contribution in [3.05, 3.63) is 0 Å². The summed E-state index contributed by atoms with van der Waals surface area (Å²) in [6.45, 7) is 9.93. The molecule has 7 heteroatoms. The molecule has 0 aromatic carbocycles. The summed E-state index contributed by atoms with van der Waals surface area (Å²) in [5, 5.41) is 2.70. The minimum absolute atomic E-state index is 0.000120. The van der Waals surface area contributed by atoms with E-state index in [4.69, 9.17) is 4.74 Å². The van der Waals surface area contributed by atoms with Crippen molar-refractivity contribution in [2.45, 2.75) is 77.6 Å². The van der Waals surface area contributed by atoms with Crippen LogP contribution in [0.3, 0.4) is 0 Å². The van der Waals surface area contributed by atoms with Gasteiger partial charge in [0.2, 0.25) is 11.8 Å². The fraction of sp³-hybridized carbons (Fsp3) is 0.824. The lowest BCUT2D eigenvalue weighted by Gasteiger charge is -2.38. The number of nitrogens with one attached hydrogen (secondary N) is 1. The zero-order valence-electron chi connectivity index (χ0n) is 15.3. The van der Waals surface area contributed by atoms with Gasteiger partial charge >= 0.3 is 6.09 Å². The summed E-state index contributed by atoms with van der Waals surface area (Å²) in [5.74, 6) is -0.0704. The predicted octanol–water partition coefficient (Wildman–Crippen LogP) is 1.51. The summed E-state index contributed by atoms with van der Waals surface area (Å²) in [4.78, 5) is 40.5. The van der Waals surface area contributed by atoms with E-state index in [0.29, 0.717) is 19.5 Å². The quantitative estimate of drug-likeness (QED) is 0.785. The number of hydrogen-bond donors (Lipinski definition) is 1. The Morgan fingerprint density at radius 2 is 1.88 bits per heavy atom. The molecule has 0 unspecified atom stereocenters. The molecule has 24 heavy (non-hydrogen) atoms. The normalized spacial score (nSPS) is 28.0. The van der Waals surface area contributed by atoms with Crippen molar-refractivity contribution in [3.63, 3.8) is 0 Å². The molecule has 1 N–H and O–H groups in total. The van der Waals surface area contributed by atoms with Gasteiger partial charge in [-0.1, -0.05) is 0 Å². The third-order valence-corrected chi connectivity index (χ3v) is 4.59. The second-order valence-corrected chi connectivity index (χ2v) is 7.78. The first-order valence-electron chi connectivity index (χ1n) is 8.65. The molecule has 2 saturated heterocycles. The summed E-state index contributed by atoms with van der Waals surface area (Å²) in [5.41, 5.74) is -0.621.